The Labute approximate surface area is 204 Å². The monoisotopic (exact) mass is 490 g/mol. The van der Waals surface area contributed by atoms with Gasteiger partial charge in [0.15, 0.2) is 11.5 Å². The third-order valence-corrected chi connectivity index (χ3v) is 8.70. The second-order valence-electron chi connectivity index (χ2n) is 8.98. The Morgan fingerprint density at radius 3 is 2.69 bits per heavy atom. The van der Waals surface area contributed by atoms with Crippen LogP contribution in [0.2, 0.25) is 0 Å². The van der Waals surface area contributed by atoms with E-state index in [0.717, 1.165) is 44.2 Å². The van der Waals surface area contributed by atoms with Crippen LogP contribution in [0.4, 0.5) is 5.69 Å². The van der Waals surface area contributed by atoms with Gasteiger partial charge >= 0.3 is 0 Å². The number of carbonyl (C=O) groups is 1. The predicted molar refractivity (Wildman–Crippen MR) is 129 cm³/mol. The van der Waals surface area contributed by atoms with E-state index in [2.05, 4.69) is 16.5 Å². The highest BCUT2D eigenvalue weighted by atomic mass is 32.2. The topological polar surface area (TPSA) is 116 Å². The number of rotatable bonds is 5. The summed E-state index contributed by atoms with van der Waals surface area (Å²) in [6.07, 6.45) is 6.32. The number of anilines is 1. The number of nitrogens with one attached hydrogen (secondary N) is 1. The summed E-state index contributed by atoms with van der Waals surface area (Å²) >= 11 is 0. The number of hydrogen-bond acceptors (Lipinski definition) is 6. The van der Waals surface area contributed by atoms with Crippen molar-refractivity contribution in [1.82, 2.24) is 9.46 Å². The molecule has 2 aromatic carbocycles. The molecule has 2 heterocycles. The number of nitriles is 1. The normalized spacial score (nSPS) is 18.4. The van der Waals surface area contributed by atoms with Crippen molar-refractivity contribution in [3.05, 3.63) is 76.7 Å². The molecule has 3 aromatic rings. The number of hydrogen-bond donors (Lipinski definition) is 1. The van der Waals surface area contributed by atoms with Crippen LogP contribution in [0, 0.1) is 11.3 Å². The van der Waals surface area contributed by atoms with E-state index in [1.165, 1.54) is 39.7 Å². The average Bonchev–Trinajstić information content (AvgIpc) is 3.39. The number of aryl methyl sites for hydroxylation is 1. The Hall–Kier alpha value is -3.48. The van der Waals surface area contributed by atoms with Gasteiger partial charge in [0.2, 0.25) is 10.0 Å². The first-order valence-electron chi connectivity index (χ1n) is 11.9. The molecule has 1 fully saturated rings. The van der Waals surface area contributed by atoms with Crippen molar-refractivity contribution in [3.8, 4) is 6.07 Å². The zero-order chi connectivity index (χ0) is 24.4. The number of sulfonamides is 1. The predicted octanol–water partition coefficient (Wildman–Crippen LogP) is 4.59. The highest BCUT2D eigenvalue weighted by Crippen LogP contribution is 2.36. The lowest BCUT2D eigenvalue weighted by Crippen LogP contribution is -2.38. The van der Waals surface area contributed by atoms with E-state index < -0.39 is 16.1 Å². The molecule has 0 saturated carbocycles. The first-order valence-corrected chi connectivity index (χ1v) is 13.3. The van der Waals surface area contributed by atoms with E-state index in [4.69, 9.17) is 9.78 Å². The summed E-state index contributed by atoms with van der Waals surface area (Å²) in [6.45, 7) is 0.339. The second-order valence-corrected chi connectivity index (χ2v) is 10.9. The number of piperidine rings is 1. The van der Waals surface area contributed by atoms with Crippen LogP contribution in [0.5, 0.6) is 0 Å². The van der Waals surface area contributed by atoms with Gasteiger partial charge in [0.05, 0.1) is 22.6 Å². The van der Waals surface area contributed by atoms with Gasteiger partial charge in [0.1, 0.15) is 0 Å². The lowest BCUT2D eigenvalue weighted by molar-refractivity contribution is 0.101. The summed E-state index contributed by atoms with van der Waals surface area (Å²) in [6, 6.07) is 14.8. The number of carbonyl (C=O) groups excluding carboxylic acids is 1. The molecule has 1 amide bonds. The van der Waals surface area contributed by atoms with Gasteiger partial charge < -0.3 is 9.84 Å². The standard InChI is InChI=1S/C26H26N4O4S/c27-17-18-11-13-20(14-12-18)35(32,33)30-15-4-3-10-24(30)25-16-23(29-34-25)26(31)28-22-9-5-7-19-6-1-2-8-21(19)22/h5,7,9,11-14,16,24H,1-4,6,8,10,15H2,(H,28,31). The maximum Gasteiger partial charge on any atom is 0.277 e. The quantitative estimate of drug-likeness (QED) is 0.559. The summed E-state index contributed by atoms with van der Waals surface area (Å²) in [7, 11) is -3.82. The number of amides is 1. The zero-order valence-corrected chi connectivity index (χ0v) is 20.1. The molecule has 0 bridgehead atoms. The number of aromatic nitrogens is 1. The lowest BCUT2D eigenvalue weighted by Gasteiger charge is -2.33. The van der Waals surface area contributed by atoms with E-state index in [9.17, 15) is 13.2 Å². The Morgan fingerprint density at radius 1 is 1.09 bits per heavy atom. The molecule has 1 N–H and O–H groups in total. The molecular formula is C26H26N4O4S. The minimum absolute atomic E-state index is 0.120. The molecule has 2 aliphatic rings. The maximum atomic E-state index is 13.4. The second kappa shape index (κ2) is 9.64. The smallest absolute Gasteiger partial charge is 0.277 e. The van der Waals surface area contributed by atoms with E-state index in [0.29, 0.717) is 24.3 Å². The first-order chi connectivity index (χ1) is 17.0. The fourth-order valence-electron chi connectivity index (χ4n) is 4.95. The van der Waals surface area contributed by atoms with Gasteiger partial charge in [0, 0.05) is 18.3 Å². The van der Waals surface area contributed by atoms with Gasteiger partial charge in [-0.15, -0.1) is 0 Å². The largest absolute Gasteiger partial charge is 0.359 e. The van der Waals surface area contributed by atoms with Crippen LogP contribution in [0.25, 0.3) is 0 Å². The highest BCUT2D eigenvalue weighted by Gasteiger charge is 2.37. The molecule has 1 aliphatic carbocycles. The van der Waals surface area contributed by atoms with Crippen molar-refractivity contribution in [2.45, 2.75) is 55.9 Å². The van der Waals surface area contributed by atoms with Crippen LogP contribution < -0.4 is 5.32 Å². The highest BCUT2D eigenvalue weighted by molar-refractivity contribution is 7.89. The molecule has 180 valence electrons. The van der Waals surface area contributed by atoms with Crippen molar-refractivity contribution >= 4 is 21.6 Å². The van der Waals surface area contributed by atoms with E-state index >= 15 is 0 Å². The molecule has 0 radical (unpaired) electrons. The molecule has 1 saturated heterocycles. The Kier molecular flexibility index (Phi) is 6.41. The molecule has 0 spiro atoms. The van der Waals surface area contributed by atoms with Crippen molar-refractivity contribution in [3.63, 3.8) is 0 Å². The van der Waals surface area contributed by atoms with Crippen LogP contribution in [0.15, 0.2) is 57.9 Å². The first kappa shape index (κ1) is 23.3. The molecule has 9 heteroatoms. The summed E-state index contributed by atoms with van der Waals surface area (Å²) in [4.78, 5) is 13.1. The van der Waals surface area contributed by atoms with Crippen LogP contribution in [0.1, 0.15) is 71.1 Å². The van der Waals surface area contributed by atoms with Crippen LogP contribution >= 0.6 is 0 Å². The molecule has 8 nitrogen and oxygen atoms in total. The molecule has 1 aliphatic heterocycles. The minimum Gasteiger partial charge on any atom is -0.359 e. The average molecular weight is 491 g/mol. The molecule has 5 rings (SSSR count). The van der Waals surface area contributed by atoms with Crippen molar-refractivity contribution in [2.24, 2.45) is 0 Å². The van der Waals surface area contributed by atoms with Gasteiger partial charge in [-0.3, -0.25) is 4.79 Å². The molecule has 1 atom stereocenters. The Morgan fingerprint density at radius 2 is 1.89 bits per heavy atom. The van der Waals surface area contributed by atoms with Crippen LogP contribution in [-0.4, -0.2) is 30.3 Å². The fourth-order valence-corrected chi connectivity index (χ4v) is 6.62. The van der Waals surface area contributed by atoms with Gasteiger partial charge in [-0.2, -0.15) is 9.57 Å². The third kappa shape index (κ3) is 4.59. The van der Waals surface area contributed by atoms with E-state index in [1.54, 1.807) is 6.07 Å². The SMILES string of the molecule is N#Cc1ccc(S(=O)(=O)N2CCCCC2c2cc(C(=O)Nc3cccc4c3CCCC4)no2)cc1. The molecule has 35 heavy (non-hydrogen) atoms. The van der Waals surface area contributed by atoms with Gasteiger partial charge in [-0.1, -0.05) is 23.7 Å². The van der Waals surface area contributed by atoms with Crippen molar-refractivity contribution in [1.29, 1.82) is 5.26 Å². The van der Waals surface area contributed by atoms with Crippen molar-refractivity contribution < 1.29 is 17.7 Å². The Bertz CT molecular complexity index is 1390. The fraction of sp³-hybridized carbons (Fsp3) is 0.346. The van der Waals surface area contributed by atoms with Crippen LogP contribution in [0.3, 0.4) is 0 Å². The minimum atomic E-state index is -3.82. The molecule has 1 aromatic heterocycles. The van der Waals surface area contributed by atoms with E-state index in [-0.39, 0.29) is 16.5 Å². The van der Waals surface area contributed by atoms with Crippen molar-refractivity contribution in [2.75, 3.05) is 11.9 Å². The third-order valence-electron chi connectivity index (χ3n) is 6.78. The van der Waals surface area contributed by atoms with Gasteiger partial charge in [0.25, 0.3) is 5.91 Å². The van der Waals surface area contributed by atoms with Crippen LogP contribution in [-0.2, 0) is 22.9 Å². The molecule has 1 unspecified atom stereocenters. The number of benzene rings is 2. The maximum absolute atomic E-state index is 13.4. The number of fused-ring (bicyclic) bond motifs is 1. The summed E-state index contributed by atoms with van der Waals surface area (Å²) in [5.41, 5.74) is 3.74. The van der Waals surface area contributed by atoms with E-state index in [1.807, 2.05) is 18.2 Å². The summed E-state index contributed by atoms with van der Waals surface area (Å²) in [5.74, 6) is -0.0292. The number of nitrogens with zero attached hydrogens (tertiary/aromatic N) is 3. The molecular weight excluding hydrogens is 464 g/mol. The lowest BCUT2D eigenvalue weighted by atomic mass is 9.90. The Balaban J connectivity index is 1.37. The zero-order valence-electron chi connectivity index (χ0n) is 19.2. The van der Waals surface area contributed by atoms with Gasteiger partial charge in [-0.25, -0.2) is 8.42 Å². The summed E-state index contributed by atoms with van der Waals surface area (Å²) < 4.78 is 33.7. The van der Waals surface area contributed by atoms with Gasteiger partial charge in [-0.05, 0) is 80.0 Å². The summed E-state index contributed by atoms with van der Waals surface area (Å²) in [5, 5.41) is 15.9.